The Kier molecular flexibility index (Phi) is 5.19. The second kappa shape index (κ2) is 7.51. The maximum atomic E-state index is 12.2. The van der Waals surface area contributed by atoms with Crippen LogP contribution in [0.4, 0.5) is 5.69 Å². The first-order chi connectivity index (χ1) is 11.2. The summed E-state index contributed by atoms with van der Waals surface area (Å²) in [6.07, 6.45) is 2.61. The fraction of sp³-hybridized carbons (Fsp3) is 0.316. The van der Waals surface area contributed by atoms with Crippen molar-refractivity contribution in [2.24, 2.45) is 0 Å². The Morgan fingerprint density at radius 2 is 1.87 bits per heavy atom. The van der Waals surface area contributed by atoms with E-state index < -0.39 is 0 Å². The van der Waals surface area contributed by atoms with Crippen molar-refractivity contribution in [3.05, 3.63) is 65.2 Å². The summed E-state index contributed by atoms with van der Waals surface area (Å²) in [6.45, 7) is 1.73. The zero-order chi connectivity index (χ0) is 16.1. The molecule has 0 radical (unpaired) electrons. The normalized spacial score (nSPS) is 17.3. The van der Waals surface area contributed by atoms with E-state index in [0.29, 0.717) is 24.0 Å². The summed E-state index contributed by atoms with van der Waals surface area (Å²) >= 11 is 6.11. The molecule has 1 aliphatic rings. The van der Waals surface area contributed by atoms with Crippen molar-refractivity contribution in [3.8, 4) is 0 Å². The number of halogens is 1. The number of benzene rings is 2. The van der Waals surface area contributed by atoms with Crippen LogP contribution in [-0.4, -0.2) is 25.0 Å². The molecule has 1 atom stereocenters. The van der Waals surface area contributed by atoms with Gasteiger partial charge in [-0.25, -0.2) is 0 Å². The lowest BCUT2D eigenvalue weighted by Gasteiger charge is -2.27. The van der Waals surface area contributed by atoms with Gasteiger partial charge in [0.05, 0.1) is 6.42 Å². The standard InChI is InChI=1S/C19H21ClN2O/c20-18-11-5-4-7-15(18)13-19(23)21-14-17-10-6-12-22(17)16-8-2-1-3-9-16/h1-5,7-9,11,17H,6,10,12-14H2,(H,21,23)/t17-/m0/s1. The summed E-state index contributed by atoms with van der Waals surface area (Å²) in [5.74, 6) is 0.0259. The summed E-state index contributed by atoms with van der Waals surface area (Å²) in [5, 5.41) is 3.71. The Hall–Kier alpha value is -2.00. The number of nitrogens with one attached hydrogen (secondary N) is 1. The lowest BCUT2D eigenvalue weighted by molar-refractivity contribution is -0.120. The fourth-order valence-electron chi connectivity index (χ4n) is 3.12. The van der Waals surface area contributed by atoms with Crippen LogP contribution in [0.3, 0.4) is 0 Å². The van der Waals surface area contributed by atoms with Crippen molar-refractivity contribution in [2.75, 3.05) is 18.0 Å². The molecule has 3 rings (SSSR count). The van der Waals surface area contributed by atoms with Crippen molar-refractivity contribution >= 4 is 23.2 Å². The van der Waals surface area contributed by atoms with Crippen LogP contribution in [0.2, 0.25) is 5.02 Å². The van der Waals surface area contributed by atoms with Crippen LogP contribution in [-0.2, 0) is 11.2 Å². The van der Waals surface area contributed by atoms with Crippen molar-refractivity contribution in [1.82, 2.24) is 5.32 Å². The van der Waals surface area contributed by atoms with Crippen LogP contribution in [0.25, 0.3) is 0 Å². The maximum absolute atomic E-state index is 12.2. The quantitative estimate of drug-likeness (QED) is 0.908. The van der Waals surface area contributed by atoms with Gasteiger partial charge in [-0.2, -0.15) is 0 Å². The van der Waals surface area contributed by atoms with Crippen LogP contribution < -0.4 is 10.2 Å². The highest BCUT2D eigenvalue weighted by Gasteiger charge is 2.24. The maximum Gasteiger partial charge on any atom is 0.224 e. The minimum Gasteiger partial charge on any atom is -0.367 e. The van der Waals surface area contributed by atoms with Gasteiger partial charge in [-0.1, -0.05) is 48.0 Å². The van der Waals surface area contributed by atoms with E-state index in [2.05, 4.69) is 34.5 Å². The first-order valence-electron chi connectivity index (χ1n) is 8.06. The Bertz CT molecular complexity index is 659. The van der Waals surface area contributed by atoms with Crippen LogP contribution in [0.1, 0.15) is 18.4 Å². The number of para-hydroxylation sites is 1. The molecule has 1 aliphatic heterocycles. The van der Waals surface area contributed by atoms with E-state index in [-0.39, 0.29) is 5.91 Å². The zero-order valence-corrected chi connectivity index (χ0v) is 13.8. The first kappa shape index (κ1) is 15.9. The molecule has 1 fully saturated rings. The molecule has 0 bridgehead atoms. The average Bonchev–Trinajstić information content (AvgIpc) is 3.04. The number of amides is 1. The summed E-state index contributed by atoms with van der Waals surface area (Å²) in [5.41, 5.74) is 2.10. The van der Waals surface area contributed by atoms with Crippen molar-refractivity contribution in [3.63, 3.8) is 0 Å². The van der Waals surface area contributed by atoms with E-state index in [1.807, 2.05) is 30.3 Å². The lowest BCUT2D eigenvalue weighted by atomic mass is 10.1. The summed E-state index contributed by atoms with van der Waals surface area (Å²) in [7, 11) is 0. The van der Waals surface area contributed by atoms with Crippen LogP contribution in [0, 0.1) is 0 Å². The lowest BCUT2D eigenvalue weighted by Crippen LogP contribution is -2.40. The third kappa shape index (κ3) is 4.05. The predicted molar refractivity (Wildman–Crippen MR) is 95.0 cm³/mol. The van der Waals surface area contributed by atoms with Crippen LogP contribution in [0.15, 0.2) is 54.6 Å². The van der Waals surface area contributed by atoms with Crippen molar-refractivity contribution < 1.29 is 4.79 Å². The fourth-order valence-corrected chi connectivity index (χ4v) is 3.32. The number of carbonyl (C=O) groups is 1. The van der Waals surface area contributed by atoms with Crippen molar-refractivity contribution in [2.45, 2.75) is 25.3 Å². The SMILES string of the molecule is O=C(Cc1ccccc1Cl)NC[C@@H]1CCCN1c1ccccc1. The molecule has 120 valence electrons. The third-order valence-electron chi connectivity index (χ3n) is 4.31. The molecule has 3 nitrogen and oxygen atoms in total. The Balaban J connectivity index is 1.55. The molecule has 1 N–H and O–H groups in total. The van der Waals surface area contributed by atoms with Gasteiger partial charge in [-0.3, -0.25) is 4.79 Å². The van der Waals surface area contributed by atoms with Gasteiger partial charge in [0.2, 0.25) is 5.91 Å². The predicted octanol–water partition coefficient (Wildman–Crippen LogP) is 3.67. The average molecular weight is 329 g/mol. The Morgan fingerprint density at radius 1 is 1.13 bits per heavy atom. The smallest absolute Gasteiger partial charge is 0.224 e. The molecule has 23 heavy (non-hydrogen) atoms. The Morgan fingerprint density at radius 3 is 2.65 bits per heavy atom. The molecule has 2 aromatic carbocycles. The number of hydrogen-bond acceptors (Lipinski definition) is 2. The first-order valence-corrected chi connectivity index (χ1v) is 8.43. The Labute approximate surface area is 142 Å². The molecule has 0 aromatic heterocycles. The molecule has 2 aromatic rings. The monoisotopic (exact) mass is 328 g/mol. The van der Waals surface area contributed by atoms with Crippen LogP contribution >= 0.6 is 11.6 Å². The highest BCUT2D eigenvalue weighted by Crippen LogP contribution is 2.24. The number of carbonyl (C=O) groups excluding carboxylic acids is 1. The minimum atomic E-state index is 0.0259. The molecule has 0 aliphatic carbocycles. The van der Waals surface area contributed by atoms with Gasteiger partial charge in [0.25, 0.3) is 0 Å². The van der Waals surface area contributed by atoms with Gasteiger partial charge in [0.1, 0.15) is 0 Å². The highest BCUT2D eigenvalue weighted by molar-refractivity contribution is 6.31. The molecular weight excluding hydrogens is 308 g/mol. The molecular formula is C19H21ClN2O. The van der Waals surface area contributed by atoms with E-state index in [0.717, 1.165) is 18.5 Å². The highest BCUT2D eigenvalue weighted by atomic mass is 35.5. The summed E-state index contributed by atoms with van der Waals surface area (Å²) in [6, 6.07) is 18.3. The van der Waals surface area contributed by atoms with Gasteiger partial charge < -0.3 is 10.2 Å². The van der Waals surface area contributed by atoms with E-state index >= 15 is 0 Å². The van der Waals surface area contributed by atoms with E-state index in [1.165, 1.54) is 12.1 Å². The molecule has 1 heterocycles. The number of nitrogens with zero attached hydrogens (tertiary/aromatic N) is 1. The number of hydrogen-bond donors (Lipinski definition) is 1. The zero-order valence-electron chi connectivity index (χ0n) is 13.0. The molecule has 1 saturated heterocycles. The van der Waals surface area contributed by atoms with Gasteiger partial charge in [-0.15, -0.1) is 0 Å². The van der Waals surface area contributed by atoms with Gasteiger partial charge in [0.15, 0.2) is 0 Å². The summed E-state index contributed by atoms with van der Waals surface area (Å²) in [4.78, 5) is 14.6. The summed E-state index contributed by atoms with van der Waals surface area (Å²) < 4.78 is 0. The molecule has 0 unspecified atom stereocenters. The molecule has 1 amide bonds. The number of rotatable bonds is 5. The topological polar surface area (TPSA) is 32.3 Å². The van der Waals surface area contributed by atoms with Gasteiger partial charge in [-0.05, 0) is 36.6 Å². The van der Waals surface area contributed by atoms with E-state index in [1.54, 1.807) is 0 Å². The van der Waals surface area contributed by atoms with E-state index in [9.17, 15) is 4.79 Å². The second-order valence-corrected chi connectivity index (χ2v) is 6.30. The minimum absolute atomic E-state index is 0.0259. The van der Waals surface area contributed by atoms with Crippen LogP contribution in [0.5, 0.6) is 0 Å². The number of anilines is 1. The largest absolute Gasteiger partial charge is 0.367 e. The van der Waals surface area contributed by atoms with E-state index in [4.69, 9.17) is 11.6 Å². The second-order valence-electron chi connectivity index (χ2n) is 5.90. The van der Waals surface area contributed by atoms with Gasteiger partial charge in [0, 0.05) is 29.8 Å². The van der Waals surface area contributed by atoms with Crippen molar-refractivity contribution in [1.29, 1.82) is 0 Å². The molecule has 0 saturated carbocycles. The van der Waals surface area contributed by atoms with Gasteiger partial charge >= 0.3 is 0 Å². The third-order valence-corrected chi connectivity index (χ3v) is 4.68. The molecule has 0 spiro atoms. The molecule has 4 heteroatoms.